The van der Waals surface area contributed by atoms with Crippen LogP contribution >= 0.6 is 11.6 Å². The Kier molecular flexibility index (Phi) is 4.66. The molecule has 23 heavy (non-hydrogen) atoms. The molecule has 1 aliphatic heterocycles. The van der Waals surface area contributed by atoms with Gasteiger partial charge >= 0.3 is 0 Å². The number of halogens is 1. The summed E-state index contributed by atoms with van der Waals surface area (Å²) in [5.41, 5.74) is 6.90. The second-order valence-corrected chi connectivity index (χ2v) is 5.91. The van der Waals surface area contributed by atoms with E-state index in [4.69, 9.17) is 26.5 Å². The number of carbonyl (C=O) groups excluding carboxylic acids is 1. The highest BCUT2D eigenvalue weighted by Gasteiger charge is 2.26. The zero-order valence-corrected chi connectivity index (χ0v) is 13.5. The minimum Gasteiger partial charge on any atom is -0.441 e. The quantitative estimate of drug-likeness (QED) is 0.924. The van der Waals surface area contributed by atoms with Crippen LogP contribution in [-0.4, -0.2) is 41.6 Å². The Balaban J connectivity index is 1.77. The molecule has 1 amide bonds. The minimum atomic E-state index is -0.570. The number of nitrogens with zero attached hydrogens (tertiary/aromatic N) is 2. The van der Waals surface area contributed by atoms with Gasteiger partial charge in [0, 0.05) is 19.6 Å². The van der Waals surface area contributed by atoms with Crippen LogP contribution in [0.25, 0.3) is 11.5 Å². The fourth-order valence-corrected chi connectivity index (χ4v) is 2.77. The number of rotatable bonds is 4. The van der Waals surface area contributed by atoms with Crippen molar-refractivity contribution < 1.29 is 13.9 Å². The van der Waals surface area contributed by atoms with Gasteiger partial charge in [0.1, 0.15) is 11.9 Å². The molecule has 7 heteroatoms. The molecule has 2 aromatic rings. The number of ether oxygens (including phenoxy) is 1. The monoisotopic (exact) mass is 335 g/mol. The van der Waals surface area contributed by atoms with E-state index in [-0.39, 0.29) is 0 Å². The third-order valence-electron chi connectivity index (χ3n) is 3.84. The van der Waals surface area contributed by atoms with Gasteiger partial charge in [-0.3, -0.25) is 9.69 Å². The molecule has 1 fully saturated rings. The normalized spacial score (nSPS) is 19.0. The molecule has 1 aromatic carbocycles. The molecule has 1 saturated heterocycles. The van der Waals surface area contributed by atoms with Crippen molar-refractivity contribution in [3.63, 3.8) is 0 Å². The van der Waals surface area contributed by atoms with Crippen molar-refractivity contribution >= 4 is 17.5 Å². The average Bonchev–Trinajstić information content (AvgIpc) is 2.89. The van der Waals surface area contributed by atoms with Gasteiger partial charge in [-0.1, -0.05) is 23.7 Å². The van der Waals surface area contributed by atoms with Crippen LogP contribution in [0.5, 0.6) is 0 Å². The van der Waals surface area contributed by atoms with Crippen molar-refractivity contribution in [2.75, 3.05) is 19.7 Å². The topological polar surface area (TPSA) is 81.6 Å². The van der Waals surface area contributed by atoms with Crippen molar-refractivity contribution in [3.8, 4) is 11.5 Å². The summed E-state index contributed by atoms with van der Waals surface area (Å²) >= 11 is 6.19. The van der Waals surface area contributed by atoms with Gasteiger partial charge in [0.2, 0.25) is 11.8 Å². The molecule has 0 bridgehead atoms. The molecule has 2 heterocycles. The van der Waals surface area contributed by atoms with Gasteiger partial charge < -0.3 is 14.9 Å². The van der Waals surface area contributed by atoms with E-state index >= 15 is 0 Å². The number of carbonyl (C=O) groups is 1. The number of morpholine rings is 1. The number of aromatic nitrogens is 1. The summed E-state index contributed by atoms with van der Waals surface area (Å²) in [5.74, 6) is 0.799. The van der Waals surface area contributed by atoms with Gasteiger partial charge in [-0.2, -0.15) is 0 Å². The lowest BCUT2D eigenvalue weighted by Gasteiger charge is -2.30. The summed E-state index contributed by atoms with van der Waals surface area (Å²) in [6.45, 7) is 4.10. The van der Waals surface area contributed by atoms with E-state index in [2.05, 4.69) is 9.88 Å². The van der Waals surface area contributed by atoms with E-state index in [0.29, 0.717) is 30.6 Å². The molecule has 0 spiro atoms. The highest BCUT2D eigenvalue weighted by molar-refractivity contribution is 6.33. The zero-order chi connectivity index (χ0) is 16.4. The van der Waals surface area contributed by atoms with Crippen LogP contribution in [0.2, 0.25) is 5.02 Å². The highest BCUT2D eigenvalue weighted by atomic mass is 35.5. The van der Waals surface area contributed by atoms with E-state index in [0.717, 1.165) is 23.6 Å². The maximum Gasteiger partial charge on any atom is 0.247 e. The van der Waals surface area contributed by atoms with Gasteiger partial charge in [-0.05, 0) is 19.1 Å². The second-order valence-electron chi connectivity index (χ2n) is 5.50. The van der Waals surface area contributed by atoms with Gasteiger partial charge in [0.05, 0.1) is 22.9 Å². The smallest absolute Gasteiger partial charge is 0.247 e. The number of aryl methyl sites for hydroxylation is 1. The third kappa shape index (κ3) is 3.55. The van der Waals surface area contributed by atoms with E-state index in [1.165, 1.54) is 0 Å². The van der Waals surface area contributed by atoms with Crippen molar-refractivity contribution in [3.05, 3.63) is 40.7 Å². The summed E-state index contributed by atoms with van der Waals surface area (Å²) in [4.78, 5) is 17.9. The Hall–Kier alpha value is -1.89. The van der Waals surface area contributed by atoms with E-state index in [9.17, 15) is 4.79 Å². The zero-order valence-electron chi connectivity index (χ0n) is 12.8. The molecular formula is C16H18ClN3O3. The third-order valence-corrected chi connectivity index (χ3v) is 4.17. The first-order valence-electron chi connectivity index (χ1n) is 7.39. The van der Waals surface area contributed by atoms with Crippen LogP contribution in [0.3, 0.4) is 0 Å². The lowest BCUT2D eigenvalue weighted by atomic mass is 10.2. The highest BCUT2D eigenvalue weighted by Crippen LogP contribution is 2.28. The molecular weight excluding hydrogens is 318 g/mol. The molecule has 1 aromatic heterocycles. The standard InChI is InChI=1S/C16H18ClN3O3/c1-10-13(8-20-6-7-22-14(9-20)15(18)21)19-16(23-10)11-4-2-3-5-12(11)17/h2-5,14H,6-9H2,1H3,(H2,18,21)/t14-/m1/s1. The SMILES string of the molecule is Cc1oc(-c2ccccc2Cl)nc1CN1CCO[C@@H](C(N)=O)C1. The summed E-state index contributed by atoms with van der Waals surface area (Å²) in [7, 11) is 0. The van der Waals surface area contributed by atoms with E-state index < -0.39 is 12.0 Å². The first-order valence-corrected chi connectivity index (χ1v) is 7.77. The van der Waals surface area contributed by atoms with Crippen LogP contribution in [0.1, 0.15) is 11.5 Å². The van der Waals surface area contributed by atoms with Gasteiger partial charge in [0.15, 0.2) is 0 Å². The summed E-state index contributed by atoms with van der Waals surface area (Å²) in [5, 5.41) is 0.598. The van der Waals surface area contributed by atoms with Crippen molar-refractivity contribution in [2.45, 2.75) is 19.6 Å². The van der Waals surface area contributed by atoms with Crippen LogP contribution in [0.15, 0.2) is 28.7 Å². The van der Waals surface area contributed by atoms with Crippen LogP contribution in [-0.2, 0) is 16.1 Å². The number of oxazole rings is 1. The number of hydrogen-bond donors (Lipinski definition) is 1. The number of primary amides is 1. The largest absolute Gasteiger partial charge is 0.441 e. The van der Waals surface area contributed by atoms with Crippen molar-refractivity contribution in [1.29, 1.82) is 0 Å². The fourth-order valence-electron chi connectivity index (χ4n) is 2.55. The van der Waals surface area contributed by atoms with E-state index in [1.54, 1.807) is 6.07 Å². The Morgan fingerprint density at radius 1 is 1.48 bits per heavy atom. The average molecular weight is 336 g/mol. The molecule has 1 aliphatic rings. The maximum absolute atomic E-state index is 11.3. The Morgan fingerprint density at radius 3 is 3.00 bits per heavy atom. The van der Waals surface area contributed by atoms with Crippen LogP contribution in [0.4, 0.5) is 0 Å². The summed E-state index contributed by atoms with van der Waals surface area (Å²) in [6, 6.07) is 7.42. The molecule has 3 rings (SSSR count). The molecule has 0 aliphatic carbocycles. The summed E-state index contributed by atoms with van der Waals surface area (Å²) in [6.07, 6.45) is -0.570. The maximum atomic E-state index is 11.3. The lowest BCUT2D eigenvalue weighted by molar-refractivity contribution is -0.135. The van der Waals surface area contributed by atoms with Gasteiger partial charge in [-0.15, -0.1) is 0 Å². The van der Waals surface area contributed by atoms with Crippen LogP contribution in [0, 0.1) is 6.92 Å². The fraction of sp³-hybridized carbons (Fsp3) is 0.375. The summed E-state index contributed by atoms with van der Waals surface area (Å²) < 4.78 is 11.1. The number of nitrogens with two attached hydrogens (primary N) is 1. The minimum absolute atomic E-state index is 0.441. The Bertz CT molecular complexity index is 716. The molecule has 1 atom stereocenters. The molecule has 122 valence electrons. The molecule has 2 N–H and O–H groups in total. The number of benzene rings is 1. The van der Waals surface area contributed by atoms with Crippen LogP contribution < -0.4 is 5.73 Å². The second kappa shape index (κ2) is 6.70. The molecule has 0 unspecified atom stereocenters. The first kappa shape index (κ1) is 16.0. The Morgan fingerprint density at radius 2 is 2.26 bits per heavy atom. The number of amides is 1. The van der Waals surface area contributed by atoms with E-state index in [1.807, 2.05) is 25.1 Å². The predicted molar refractivity (Wildman–Crippen MR) is 85.9 cm³/mol. The van der Waals surface area contributed by atoms with Gasteiger partial charge in [-0.25, -0.2) is 4.98 Å². The number of hydrogen-bond acceptors (Lipinski definition) is 5. The van der Waals surface area contributed by atoms with Crippen molar-refractivity contribution in [1.82, 2.24) is 9.88 Å². The molecule has 6 nitrogen and oxygen atoms in total. The van der Waals surface area contributed by atoms with Crippen molar-refractivity contribution in [2.24, 2.45) is 5.73 Å². The molecule has 0 radical (unpaired) electrons. The molecule has 0 saturated carbocycles. The lowest BCUT2D eigenvalue weighted by Crippen LogP contribution is -2.48. The van der Waals surface area contributed by atoms with Gasteiger partial charge in [0.25, 0.3) is 0 Å². The predicted octanol–water partition coefficient (Wildman–Crippen LogP) is 1.99. The Labute approximate surface area is 139 Å². The first-order chi connectivity index (χ1) is 11.0.